The molecule has 0 bridgehead atoms. The average molecular weight is 327 g/mol. The molecule has 0 saturated heterocycles. The van der Waals surface area contributed by atoms with Crippen molar-refractivity contribution in [2.24, 2.45) is 0 Å². The molecule has 3 rings (SSSR count). The molecular weight excluding hydrogens is 311 g/mol. The van der Waals surface area contributed by atoms with Crippen molar-refractivity contribution in [3.05, 3.63) is 51.8 Å². The molecule has 21 heavy (non-hydrogen) atoms. The summed E-state index contributed by atoms with van der Waals surface area (Å²) in [4.78, 5) is 12.2. The van der Waals surface area contributed by atoms with Crippen molar-refractivity contribution in [1.29, 1.82) is 0 Å². The molecule has 0 unspecified atom stereocenters. The monoisotopic (exact) mass is 326 g/mol. The van der Waals surface area contributed by atoms with Gasteiger partial charge in [0.15, 0.2) is 5.69 Å². The van der Waals surface area contributed by atoms with Crippen LogP contribution < -0.4 is 10.6 Å². The van der Waals surface area contributed by atoms with Crippen LogP contribution in [0.25, 0.3) is 0 Å². The lowest BCUT2D eigenvalue weighted by molar-refractivity contribution is 0.0944. The predicted octanol–water partition coefficient (Wildman–Crippen LogP) is 2.06. The Balaban J connectivity index is 0.00000161. The summed E-state index contributed by atoms with van der Waals surface area (Å²) in [5, 5.41) is 13.9. The molecule has 0 aliphatic carbocycles. The van der Waals surface area contributed by atoms with Crippen molar-refractivity contribution in [1.82, 2.24) is 20.8 Å². The smallest absolute Gasteiger partial charge is 0.272 e. The fourth-order valence-electron chi connectivity index (χ4n) is 2.28. The van der Waals surface area contributed by atoms with E-state index in [0.717, 1.165) is 29.8 Å². The maximum atomic E-state index is 12.2. The topological polar surface area (TPSA) is 69.8 Å². The molecule has 0 radical (unpaired) electrons. The maximum absolute atomic E-state index is 12.2. The second kappa shape index (κ2) is 6.93. The molecule has 1 aliphatic rings. The minimum Gasteiger partial charge on any atom is -0.347 e. The van der Waals surface area contributed by atoms with Crippen molar-refractivity contribution in [3.8, 4) is 0 Å². The van der Waals surface area contributed by atoms with E-state index in [1.807, 2.05) is 24.3 Å². The second-order valence-corrected chi connectivity index (χ2v) is 5.20. The van der Waals surface area contributed by atoms with Gasteiger partial charge in [-0.1, -0.05) is 23.7 Å². The van der Waals surface area contributed by atoms with Crippen LogP contribution in [0.2, 0.25) is 5.02 Å². The van der Waals surface area contributed by atoms with Crippen LogP contribution in [0.1, 0.15) is 27.3 Å². The van der Waals surface area contributed by atoms with E-state index in [1.165, 1.54) is 0 Å². The summed E-state index contributed by atoms with van der Waals surface area (Å²) in [6.45, 7) is 2.07. The maximum Gasteiger partial charge on any atom is 0.272 e. The molecule has 0 atom stereocenters. The van der Waals surface area contributed by atoms with Gasteiger partial charge in [0.2, 0.25) is 0 Å². The zero-order chi connectivity index (χ0) is 13.9. The molecule has 1 amide bonds. The van der Waals surface area contributed by atoms with Gasteiger partial charge in [-0.15, -0.1) is 12.4 Å². The molecule has 112 valence electrons. The van der Waals surface area contributed by atoms with E-state index in [2.05, 4.69) is 20.8 Å². The number of nitrogens with zero attached hydrogens (tertiary/aromatic N) is 1. The quantitative estimate of drug-likeness (QED) is 0.808. The fraction of sp³-hybridized carbons (Fsp3) is 0.286. The van der Waals surface area contributed by atoms with Gasteiger partial charge in [0, 0.05) is 42.3 Å². The van der Waals surface area contributed by atoms with E-state index in [0.29, 0.717) is 23.8 Å². The van der Waals surface area contributed by atoms with E-state index in [9.17, 15) is 4.79 Å². The number of carbonyl (C=O) groups excluding carboxylic acids is 1. The van der Waals surface area contributed by atoms with Gasteiger partial charge < -0.3 is 10.6 Å². The number of fused-ring (bicyclic) bond motifs is 1. The van der Waals surface area contributed by atoms with Crippen LogP contribution in [0.3, 0.4) is 0 Å². The number of carbonyl (C=O) groups is 1. The van der Waals surface area contributed by atoms with Crippen LogP contribution in [0.4, 0.5) is 0 Å². The zero-order valence-electron chi connectivity index (χ0n) is 11.3. The largest absolute Gasteiger partial charge is 0.347 e. The number of hydrogen-bond donors (Lipinski definition) is 3. The Morgan fingerprint density at radius 2 is 2.10 bits per heavy atom. The summed E-state index contributed by atoms with van der Waals surface area (Å²) >= 11 is 5.83. The highest BCUT2D eigenvalue weighted by Crippen LogP contribution is 2.15. The van der Waals surface area contributed by atoms with Gasteiger partial charge in [-0.25, -0.2) is 0 Å². The molecular formula is C14H16Cl2N4O. The molecule has 0 fully saturated rings. The fourth-order valence-corrected chi connectivity index (χ4v) is 2.41. The van der Waals surface area contributed by atoms with Gasteiger partial charge in [-0.05, 0) is 17.7 Å². The van der Waals surface area contributed by atoms with Crippen LogP contribution in [0.5, 0.6) is 0 Å². The Kier molecular flexibility index (Phi) is 5.22. The molecule has 2 aromatic rings. The van der Waals surface area contributed by atoms with Gasteiger partial charge in [0.05, 0.1) is 0 Å². The van der Waals surface area contributed by atoms with E-state index in [-0.39, 0.29) is 18.3 Å². The van der Waals surface area contributed by atoms with Gasteiger partial charge >= 0.3 is 0 Å². The first-order chi connectivity index (χ1) is 9.74. The highest BCUT2D eigenvalue weighted by molar-refractivity contribution is 6.30. The Hall–Kier alpha value is -1.56. The lowest BCUT2D eigenvalue weighted by Gasteiger charge is -2.12. The number of nitrogens with one attached hydrogen (secondary N) is 3. The van der Waals surface area contributed by atoms with Gasteiger partial charge in [-0.2, -0.15) is 5.10 Å². The Labute approximate surface area is 133 Å². The van der Waals surface area contributed by atoms with Crippen molar-refractivity contribution in [2.75, 3.05) is 6.54 Å². The van der Waals surface area contributed by atoms with Crippen LogP contribution >= 0.6 is 24.0 Å². The third kappa shape index (κ3) is 3.56. The molecule has 0 spiro atoms. The second-order valence-electron chi connectivity index (χ2n) is 4.77. The normalized spacial score (nSPS) is 13.2. The minimum atomic E-state index is -0.152. The standard InChI is InChI=1S/C14H15ClN4O.ClH/c15-10-3-1-9(2-4-10)7-17-14(20)13-11-8-16-6-5-12(11)18-19-13;/h1-4,16H,5-8H2,(H,17,20)(H,18,19);1H. The summed E-state index contributed by atoms with van der Waals surface area (Å²) < 4.78 is 0. The van der Waals surface area contributed by atoms with Crippen molar-refractivity contribution < 1.29 is 4.79 Å². The van der Waals surface area contributed by atoms with E-state index in [4.69, 9.17) is 11.6 Å². The van der Waals surface area contributed by atoms with Gasteiger partial charge in [0.1, 0.15) is 0 Å². The van der Waals surface area contributed by atoms with Gasteiger partial charge in [0.25, 0.3) is 5.91 Å². The lowest BCUT2D eigenvalue weighted by atomic mass is 10.1. The summed E-state index contributed by atoms with van der Waals surface area (Å²) in [5.41, 5.74) is 3.52. The Bertz CT molecular complexity index is 624. The van der Waals surface area contributed by atoms with Crippen LogP contribution in [-0.4, -0.2) is 22.6 Å². The van der Waals surface area contributed by atoms with Crippen molar-refractivity contribution >= 4 is 29.9 Å². The summed E-state index contributed by atoms with van der Waals surface area (Å²) in [7, 11) is 0. The Morgan fingerprint density at radius 3 is 2.86 bits per heavy atom. The number of H-pyrrole nitrogens is 1. The van der Waals surface area contributed by atoms with E-state index in [1.54, 1.807) is 0 Å². The lowest BCUT2D eigenvalue weighted by Crippen LogP contribution is -2.28. The van der Waals surface area contributed by atoms with Gasteiger partial charge in [-0.3, -0.25) is 9.89 Å². The highest BCUT2D eigenvalue weighted by Gasteiger charge is 2.21. The number of amides is 1. The molecule has 2 heterocycles. The Morgan fingerprint density at radius 1 is 1.33 bits per heavy atom. The number of aromatic nitrogens is 2. The van der Waals surface area contributed by atoms with E-state index < -0.39 is 0 Å². The molecule has 5 nitrogen and oxygen atoms in total. The minimum absolute atomic E-state index is 0. The van der Waals surface area contributed by atoms with Crippen LogP contribution in [-0.2, 0) is 19.5 Å². The van der Waals surface area contributed by atoms with Crippen molar-refractivity contribution in [3.63, 3.8) is 0 Å². The van der Waals surface area contributed by atoms with Crippen LogP contribution in [0.15, 0.2) is 24.3 Å². The van der Waals surface area contributed by atoms with E-state index >= 15 is 0 Å². The molecule has 1 aliphatic heterocycles. The number of halogens is 2. The van der Waals surface area contributed by atoms with Crippen LogP contribution in [0, 0.1) is 0 Å². The first-order valence-corrected chi connectivity index (χ1v) is 6.91. The molecule has 0 saturated carbocycles. The molecule has 3 N–H and O–H groups in total. The number of aromatic amines is 1. The first kappa shape index (κ1) is 15.8. The molecule has 1 aromatic heterocycles. The zero-order valence-corrected chi connectivity index (χ0v) is 12.9. The summed E-state index contributed by atoms with van der Waals surface area (Å²) in [6, 6.07) is 7.40. The number of rotatable bonds is 3. The highest BCUT2D eigenvalue weighted by atomic mass is 35.5. The summed E-state index contributed by atoms with van der Waals surface area (Å²) in [5.74, 6) is -0.152. The SMILES string of the molecule is Cl.O=C(NCc1ccc(Cl)cc1)c1n[nH]c2c1CNCC2. The molecule has 1 aromatic carbocycles. The van der Waals surface area contributed by atoms with Crippen molar-refractivity contribution in [2.45, 2.75) is 19.5 Å². The number of hydrogen-bond acceptors (Lipinski definition) is 3. The molecule has 7 heteroatoms. The average Bonchev–Trinajstić information content (AvgIpc) is 2.90. The first-order valence-electron chi connectivity index (χ1n) is 6.53. The summed E-state index contributed by atoms with van der Waals surface area (Å²) in [6.07, 6.45) is 0.882. The third-order valence-corrected chi connectivity index (χ3v) is 3.64. The number of benzene rings is 1. The third-order valence-electron chi connectivity index (χ3n) is 3.39. The predicted molar refractivity (Wildman–Crippen MR) is 83.9 cm³/mol.